The van der Waals surface area contributed by atoms with Crippen molar-refractivity contribution in [3.8, 4) is 0 Å². The van der Waals surface area contributed by atoms with Gasteiger partial charge in [-0.05, 0) is 0 Å². The van der Waals surface area contributed by atoms with Crippen molar-refractivity contribution in [2.45, 2.75) is 24.4 Å². The Balaban J connectivity index is -0.00000180. The van der Waals surface area contributed by atoms with Crippen LogP contribution in [0.1, 0.15) is 0 Å². The number of aliphatic hydroxyl groups excluding tert-OH is 3. The third kappa shape index (κ3) is 12.7. The maximum absolute atomic E-state index is 10.5. The van der Waals surface area contributed by atoms with Gasteiger partial charge >= 0.3 is 20.7 Å². The fraction of sp³-hybridized carbons (Fsp3) is 0.833. The van der Waals surface area contributed by atoms with Crippen molar-refractivity contribution < 1.29 is 50.2 Å². The molecule has 0 amide bonds. The number of rotatable bonds is 9. The van der Waals surface area contributed by atoms with E-state index in [2.05, 4.69) is 4.18 Å². The van der Waals surface area contributed by atoms with Crippen molar-refractivity contribution >= 4 is 86.1 Å². The summed E-state index contributed by atoms with van der Waals surface area (Å²) in [5, 5.41) is 28.0. The summed E-state index contributed by atoms with van der Waals surface area (Å²) >= 11 is 0. The van der Waals surface area contributed by atoms with Crippen LogP contribution in [0.2, 0.25) is 0 Å². The van der Waals surface area contributed by atoms with E-state index in [1.807, 2.05) is 0 Å². The molecule has 0 aromatic rings. The molecule has 0 fully saturated rings. The van der Waals surface area contributed by atoms with Gasteiger partial charge in [0.15, 0.2) is 0 Å². The van der Waals surface area contributed by atoms with Crippen LogP contribution in [-0.2, 0) is 29.7 Å². The second-order valence-corrected chi connectivity index (χ2v) is 5.79. The van der Waals surface area contributed by atoms with E-state index in [1.54, 1.807) is 0 Å². The minimum atomic E-state index is -4.91. The molecule has 2 radical (unpaired) electrons. The molecule has 0 spiro atoms. The van der Waals surface area contributed by atoms with Crippen molar-refractivity contribution in [3.63, 3.8) is 0 Å². The van der Waals surface area contributed by atoms with E-state index < -0.39 is 51.7 Å². The van der Waals surface area contributed by atoms with Crippen molar-refractivity contribution in [1.82, 2.24) is 4.72 Å². The van der Waals surface area contributed by atoms with E-state index in [9.17, 15) is 36.9 Å². The van der Waals surface area contributed by atoms with Gasteiger partial charge in [0.25, 0.3) is 0 Å². The van der Waals surface area contributed by atoms with E-state index in [0.29, 0.717) is 0 Å². The first-order chi connectivity index (χ1) is 8.87. The number of hydrogen-bond donors (Lipinski definition) is 6. The van der Waals surface area contributed by atoms with Crippen LogP contribution in [0.15, 0.2) is 0 Å². The van der Waals surface area contributed by atoms with Crippen molar-refractivity contribution in [1.29, 1.82) is 0 Å². The molecule has 0 heterocycles. The minimum Gasteiger partial charge on any atom is -0.388 e. The zero-order chi connectivity index (χ0) is 16.1. The summed E-state index contributed by atoms with van der Waals surface area (Å²) in [5.41, 5.74) is 0. The van der Waals surface area contributed by atoms with Crippen LogP contribution < -0.4 is 4.72 Å². The summed E-state index contributed by atoms with van der Waals surface area (Å²) in [5.74, 6) is 0. The summed E-state index contributed by atoms with van der Waals surface area (Å²) < 4.78 is 62.9. The smallest absolute Gasteiger partial charge is 0.388 e. The molecule has 12 nitrogen and oxygen atoms in total. The molecule has 122 valence electrons. The van der Waals surface area contributed by atoms with E-state index in [-0.39, 0.29) is 65.4 Å². The molecule has 0 saturated carbocycles. The summed E-state index contributed by atoms with van der Waals surface area (Å²) in [6, 6.07) is -2.01. The third-order valence-corrected chi connectivity index (χ3v) is 2.94. The van der Waals surface area contributed by atoms with E-state index in [4.69, 9.17) is 9.11 Å². The Bertz CT molecular complexity index is 523. The number of nitrogens with one attached hydrogen (secondary N) is 1. The molecule has 0 unspecified atom stereocenters. The molecule has 0 aromatic carbocycles. The average molecular weight is 385 g/mol. The number of hydrogen-bond acceptors (Lipinski definition) is 9. The standard InChI is InChI=1S/C6H13NO11S2.2Na/c8-1-3(7-19(12,13)14)5(10)6(11)4(9)2-18-20(15,16)17;;/h1,3-7,9-11H,2H2,(H,12,13,14)(H,15,16,17);;/t3-,4+,5+,6+;;/m0../s1. The Labute approximate surface area is 170 Å². The molecule has 16 heteroatoms. The predicted molar refractivity (Wildman–Crippen MR) is 71.6 cm³/mol. The van der Waals surface area contributed by atoms with Gasteiger partial charge in [0.2, 0.25) is 0 Å². The number of carbonyl (C=O) groups is 1. The average Bonchev–Trinajstić information content (AvgIpc) is 2.29. The molecule has 6 N–H and O–H groups in total. The molecule has 0 bridgehead atoms. The topological polar surface area (TPSA) is 208 Å². The van der Waals surface area contributed by atoms with Gasteiger partial charge in [-0.2, -0.15) is 21.6 Å². The van der Waals surface area contributed by atoms with Crippen LogP contribution in [0.5, 0.6) is 0 Å². The van der Waals surface area contributed by atoms with Crippen LogP contribution in [0.3, 0.4) is 0 Å². The largest absolute Gasteiger partial charge is 0.397 e. The summed E-state index contributed by atoms with van der Waals surface area (Å²) in [4.78, 5) is 10.5. The van der Waals surface area contributed by atoms with Crippen molar-refractivity contribution in [2.24, 2.45) is 0 Å². The van der Waals surface area contributed by atoms with E-state index >= 15 is 0 Å². The fourth-order valence-electron chi connectivity index (χ4n) is 1.04. The molecular formula is C6H13NNa2O11S2. The predicted octanol–water partition coefficient (Wildman–Crippen LogP) is -4.91. The zero-order valence-corrected chi connectivity index (χ0v) is 17.2. The van der Waals surface area contributed by atoms with Gasteiger partial charge in [-0.3, -0.25) is 9.11 Å². The molecule has 0 aromatic heterocycles. The van der Waals surface area contributed by atoms with Crippen molar-refractivity contribution in [3.05, 3.63) is 0 Å². The molecule has 0 rings (SSSR count). The maximum atomic E-state index is 10.5. The Morgan fingerprint density at radius 1 is 1.00 bits per heavy atom. The quantitative estimate of drug-likeness (QED) is 0.126. The first kappa shape index (κ1) is 28.1. The van der Waals surface area contributed by atoms with Crippen LogP contribution in [0, 0.1) is 0 Å². The van der Waals surface area contributed by atoms with Crippen LogP contribution >= 0.6 is 0 Å². The Morgan fingerprint density at radius 3 is 1.77 bits per heavy atom. The van der Waals surface area contributed by atoms with E-state index in [1.165, 1.54) is 4.72 Å². The Morgan fingerprint density at radius 2 is 1.45 bits per heavy atom. The van der Waals surface area contributed by atoms with Gasteiger partial charge in [0, 0.05) is 59.1 Å². The Kier molecular flexibility index (Phi) is 15.0. The maximum Gasteiger partial charge on any atom is 0.397 e. The SMILES string of the molecule is O=C[C@H](NS(=O)(=O)O)[C@@H](O)[C@H](O)[C@H](O)COS(=O)(=O)O.[Na].[Na]. The normalized spacial score (nSPS) is 17.3. The second kappa shape index (κ2) is 11.8. The summed E-state index contributed by atoms with van der Waals surface area (Å²) in [6.07, 6.45) is -6.72. The van der Waals surface area contributed by atoms with E-state index in [0.717, 1.165) is 0 Å². The first-order valence-corrected chi connectivity index (χ1v) is 7.54. The van der Waals surface area contributed by atoms with Crippen LogP contribution in [0.25, 0.3) is 0 Å². The van der Waals surface area contributed by atoms with Crippen LogP contribution in [-0.4, -0.2) is 138 Å². The van der Waals surface area contributed by atoms with Gasteiger partial charge in [0.05, 0.1) is 6.61 Å². The van der Waals surface area contributed by atoms with Crippen molar-refractivity contribution in [2.75, 3.05) is 6.61 Å². The zero-order valence-electron chi connectivity index (χ0n) is 11.6. The van der Waals surface area contributed by atoms with Crippen LogP contribution in [0.4, 0.5) is 0 Å². The molecule has 0 aliphatic carbocycles. The first-order valence-electron chi connectivity index (χ1n) is 4.73. The molecule has 4 atom stereocenters. The minimum absolute atomic E-state index is 0. The summed E-state index contributed by atoms with van der Waals surface area (Å²) in [6.45, 7) is -1.17. The molecule has 22 heavy (non-hydrogen) atoms. The van der Waals surface area contributed by atoms with Gasteiger partial charge in [-0.25, -0.2) is 4.18 Å². The third-order valence-electron chi connectivity index (χ3n) is 1.93. The molecule has 0 aliphatic heterocycles. The Hall–Kier alpha value is 1.29. The van der Waals surface area contributed by atoms with Gasteiger partial charge < -0.3 is 20.1 Å². The van der Waals surface area contributed by atoms with Gasteiger partial charge in [-0.15, -0.1) is 0 Å². The number of carbonyl (C=O) groups excluding carboxylic acids is 1. The summed E-state index contributed by atoms with van der Waals surface area (Å²) in [7, 11) is -9.78. The molecular weight excluding hydrogens is 372 g/mol. The van der Waals surface area contributed by atoms with Gasteiger partial charge in [0.1, 0.15) is 30.6 Å². The number of aldehydes is 1. The monoisotopic (exact) mass is 385 g/mol. The second-order valence-electron chi connectivity index (χ2n) is 3.52. The number of aliphatic hydroxyl groups is 3. The fourth-order valence-corrected chi connectivity index (χ4v) is 1.89. The molecule has 0 saturated heterocycles. The molecule has 0 aliphatic rings. The van der Waals surface area contributed by atoms with Gasteiger partial charge in [-0.1, -0.05) is 0 Å².